The molecule has 2 rings (SSSR count). The highest BCUT2D eigenvalue weighted by Gasteiger charge is 2.07. The van der Waals surface area contributed by atoms with Crippen molar-refractivity contribution in [2.45, 2.75) is 19.6 Å². The quantitative estimate of drug-likeness (QED) is 0.879. The molecule has 0 fully saturated rings. The van der Waals surface area contributed by atoms with E-state index in [1.165, 1.54) is 0 Å². The van der Waals surface area contributed by atoms with Gasteiger partial charge < -0.3 is 20.3 Å². The first-order valence-electron chi connectivity index (χ1n) is 6.45. The third kappa shape index (κ3) is 3.29. The van der Waals surface area contributed by atoms with Crippen LogP contribution in [0.2, 0.25) is 0 Å². The molecule has 4 nitrogen and oxygen atoms in total. The van der Waals surface area contributed by atoms with Crippen LogP contribution in [0.4, 0.5) is 0 Å². The van der Waals surface area contributed by atoms with Crippen LogP contribution < -0.4 is 15.2 Å². The van der Waals surface area contributed by atoms with Gasteiger partial charge in [0.15, 0.2) is 11.5 Å². The lowest BCUT2D eigenvalue weighted by Crippen LogP contribution is -2.04. The molecule has 0 bridgehead atoms. The van der Waals surface area contributed by atoms with Crippen molar-refractivity contribution in [2.24, 2.45) is 5.73 Å². The van der Waals surface area contributed by atoms with E-state index in [4.69, 9.17) is 20.3 Å². The largest absolute Gasteiger partial charge is 0.493 e. The van der Waals surface area contributed by atoms with E-state index in [0.717, 1.165) is 11.1 Å². The van der Waals surface area contributed by atoms with Gasteiger partial charge in [0, 0.05) is 6.04 Å². The van der Waals surface area contributed by atoms with Crippen LogP contribution in [0, 0.1) is 0 Å². The molecule has 2 aromatic rings. The third-order valence-corrected chi connectivity index (χ3v) is 3.04. The SMILES string of the molecule is COc1cc(CO)ccc1Oc1ccc(C(C)N)cc1. The molecule has 20 heavy (non-hydrogen) atoms. The van der Waals surface area contributed by atoms with E-state index in [9.17, 15) is 0 Å². The van der Waals surface area contributed by atoms with Crippen molar-refractivity contribution in [1.29, 1.82) is 0 Å². The average Bonchev–Trinajstić information content (AvgIpc) is 2.48. The Morgan fingerprint density at radius 3 is 2.35 bits per heavy atom. The minimum atomic E-state index is -0.0281. The zero-order chi connectivity index (χ0) is 14.5. The lowest BCUT2D eigenvalue weighted by atomic mass is 10.1. The topological polar surface area (TPSA) is 64.7 Å². The molecule has 0 radical (unpaired) electrons. The van der Waals surface area contributed by atoms with Gasteiger partial charge in [-0.1, -0.05) is 18.2 Å². The van der Waals surface area contributed by atoms with Crippen molar-refractivity contribution in [2.75, 3.05) is 7.11 Å². The summed E-state index contributed by atoms with van der Waals surface area (Å²) in [7, 11) is 1.57. The molecule has 0 aliphatic rings. The molecular weight excluding hydrogens is 254 g/mol. The lowest BCUT2D eigenvalue weighted by molar-refractivity contribution is 0.280. The maximum atomic E-state index is 9.11. The number of hydrogen-bond donors (Lipinski definition) is 2. The van der Waals surface area contributed by atoms with Gasteiger partial charge in [-0.15, -0.1) is 0 Å². The molecule has 0 saturated carbocycles. The van der Waals surface area contributed by atoms with Crippen LogP contribution in [0.3, 0.4) is 0 Å². The Balaban J connectivity index is 2.20. The Morgan fingerprint density at radius 1 is 1.10 bits per heavy atom. The van der Waals surface area contributed by atoms with Crippen LogP contribution >= 0.6 is 0 Å². The van der Waals surface area contributed by atoms with Crippen molar-refractivity contribution in [3.05, 3.63) is 53.6 Å². The molecule has 0 spiro atoms. The fourth-order valence-corrected chi connectivity index (χ4v) is 1.86. The van der Waals surface area contributed by atoms with E-state index in [0.29, 0.717) is 17.2 Å². The smallest absolute Gasteiger partial charge is 0.169 e. The second-order valence-corrected chi connectivity index (χ2v) is 4.60. The van der Waals surface area contributed by atoms with Crippen LogP contribution in [-0.2, 0) is 6.61 Å². The van der Waals surface area contributed by atoms with Gasteiger partial charge in [0.2, 0.25) is 0 Å². The molecule has 0 aliphatic heterocycles. The number of methoxy groups -OCH3 is 1. The number of aliphatic hydroxyl groups is 1. The Hall–Kier alpha value is -2.04. The molecule has 1 unspecified atom stereocenters. The summed E-state index contributed by atoms with van der Waals surface area (Å²) in [4.78, 5) is 0. The van der Waals surface area contributed by atoms with Gasteiger partial charge >= 0.3 is 0 Å². The Kier molecular flexibility index (Phi) is 4.61. The van der Waals surface area contributed by atoms with E-state index in [1.807, 2.05) is 31.2 Å². The number of ether oxygens (including phenoxy) is 2. The van der Waals surface area contributed by atoms with Crippen molar-refractivity contribution in [3.63, 3.8) is 0 Å². The van der Waals surface area contributed by atoms with Gasteiger partial charge in [-0.2, -0.15) is 0 Å². The summed E-state index contributed by atoms with van der Waals surface area (Å²) in [6.07, 6.45) is 0. The summed E-state index contributed by atoms with van der Waals surface area (Å²) in [5.41, 5.74) is 7.64. The van der Waals surface area contributed by atoms with Crippen LogP contribution in [0.5, 0.6) is 17.2 Å². The van der Waals surface area contributed by atoms with Crippen LogP contribution in [-0.4, -0.2) is 12.2 Å². The van der Waals surface area contributed by atoms with Gasteiger partial charge in [0.1, 0.15) is 5.75 Å². The van der Waals surface area contributed by atoms with Crippen molar-refractivity contribution >= 4 is 0 Å². The Morgan fingerprint density at radius 2 is 1.80 bits per heavy atom. The maximum absolute atomic E-state index is 9.11. The van der Waals surface area contributed by atoms with Crippen molar-refractivity contribution in [1.82, 2.24) is 0 Å². The molecular formula is C16H19NO3. The first-order chi connectivity index (χ1) is 9.63. The van der Waals surface area contributed by atoms with Crippen molar-refractivity contribution < 1.29 is 14.6 Å². The van der Waals surface area contributed by atoms with E-state index in [-0.39, 0.29) is 12.6 Å². The summed E-state index contributed by atoms with van der Waals surface area (Å²) in [5, 5.41) is 9.11. The highest BCUT2D eigenvalue weighted by atomic mass is 16.5. The fraction of sp³-hybridized carbons (Fsp3) is 0.250. The molecule has 0 heterocycles. The average molecular weight is 273 g/mol. The van der Waals surface area contributed by atoms with Gasteiger partial charge in [0.05, 0.1) is 13.7 Å². The maximum Gasteiger partial charge on any atom is 0.169 e. The standard InChI is InChI=1S/C16H19NO3/c1-11(17)13-4-6-14(7-5-13)20-15-8-3-12(10-18)9-16(15)19-2/h3-9,11,18H,10,17H2,1-2H3. The monoisotopic (exact) mass is 273 g/mol. The molecule has 106 valence electrons. The second kappa shape index (κ2) is 6.41. The summed E-state index contributed by atoms with van der Waals surface area (Å²) in [6, 6.07) is 13.0. The number of hydrogen-bond acceptors (Lipinski definition) is 4. The molecule has 3 N–H and O–H groups in total. The first-order valence-corrected chi connectivity index (χ1v) is 6.45. The summed E-state index contributed by atoms with van der Waals surface area (Å²) in [6.45, 7) is 1.91. The minimum Gasteiger partial charge on any atom is -0.493 e. The Bertz CT molecular complexity index is 564. The lowest BCUT2D eigenvalue weighted by Gasteiger charge is -2.12. The van der Waals surface area contributed by atoms with Crippen LogP contribution in [0.1, 0.15) is 24.1 Å². The molecule has 0 aliphatic carbocycles. The van der Waals surface area contributed by atoms with Crippen LogP contribution in [0.25, 0.3) is 0 Å². The van der Waals surface area contributed by atoms with Gasteiger partial charge in [-0.05, 0) is 42.3 Å². The number of benzene rings is 2. The number of aliphatic hydroxyl groups excluding tert-OH is 1. The molecule has 1 atom stereocenters. The van der Waals surface area contributed by atoms with Gasteiger partial charge in [0.25, 0.3) is 0 Å². The minimum absolute atomic E-state index is 0.00224. The second-order valence-electron chi connectivity index (χ2n) is 4.60. The van der Waals surface area contributed by atoms with E-state index < -0.39 is 0 Å². The highest BCUT2D eigenvalue weighted by molar-refractivity contribution is 5.45. The molecule has 0 aromatic heterocycles. The highest BCUT2D eigenvalue weighted by Crippen LogP contribution is 2.32. The molecule has 0 saturated heterocycles. The van der Waals surface area contributed by atoms with Crippen LogP contribution in [0.15, 0.2) is 42.5 Å². The number of rotatable bonds is 5. The predicted molar refractivity (Wildman–Crippen MR) is 78.0 cm³/mol. The zero-order valence-corrected chi connectivity index (χ0v) is 11.7. The predicted octanol–water partition coefficient (Wildman–Crippen LogP) is 3.00. The zero-order valence-electron chi connectivity index (χ0n) is 11.7. The molecule has 2 aromatic carbocycles. The first kappa shape index (κ1) is 14.4. The normalized spacial score (nSPS) is 12.0. The summed E-state index contributed by atoms with van der Waals surface area (Å²) >= 11 is 0. The third-order valence-electron chi connectivity index (χ3n) is 3.04. The number of nitrogens with two attached hydrogens (primary N) is 1. The summed E-state index contributed by atoms with van der Waals surface area (Å²) in [5.74, 6) is 1.91. The summed E-state index contributed by atoms with van der Waals surface area (Å²) < 4.78 is 11.1. The van der Waals surface area contributed by atoms with Crippen molar-refractivity contribution in [3.8, 4) is 17.2 Å². The van der Waals surface area contributed by atoms with E-state index in [2.05, 4.69) is 0 Å². The molecule has 0 amide bonds. The van der Waals surface area contributed by atoms with E-state index >= 15 is 0 Å². The molecule has 4 heteroatoms. The van der Waals surface area contributed by atoms with Gasteiger partial charge in [-0.25, -0.2) is 0 Å². The van der Waals surface area contributed by atoms with E-state index in [1.54, 1.807) is 25.3 Å². The fourth-order valence-electron chi connectivity index (χ4n) is 1.86. The Labute approximate surface area is 118 Å². The van der Waals surface area contributed by atoms with Gasteiger partial charge in [-0.3, -0.25) is 0 Å².